The largest absolute Gasteiger partial charge is 0.389 e. The van der Waals surface area contributed by atoms with Gasteiger partial charge >= 0.3 is 6.18 Å². The summed E-state index contributed by atoms with van der Waals surface area (Å²) in [5.74, 6) is 0.689. The number of nitrogens with one attached hydrogen (secondary N) is 2. The summed E-state index contributed by atoms with van der Waals surface area (Å²) in [7, 11) is 0. The highest BCUT2D eigenvalue weighted by Crippen LogP contribution is 2.22. The molecule has 0 aromatic heterocycles. The van der Waals surface area contributed by atoms with Crippen LogP contribution in [0.25, 0.3) is 0 Å². The lowest BCUT2D eigenvalue weighted by atomic mass is 9.99. The molecule has 7 heteroatoms. The number of guanidine groups is 1. The van der Waals surface area contributed by atoms with Crippen LogP contribution in [0.2, 0.25) is 0 Å². The lowest BCUT2D eigenvalue weighted by molar-refractivity contribution is -0.135. The molecule has 1 saturated heterocycles. The molecule has 0 aliphatic carbocycles. The van der Waals surface area contributed by atoms with Gasteiger partial charge in [0.15, 0.2) is 5.96 Å². The van der Waals surface area contributed by atoms with Gasteiger partial charge < -0.3 is 10.6 Å². The molecule has 1 rings (SSSR count). The van der Waals surface area contributed by atoms with E-state index in [9.17, 15) is 13.2 Å². The summed E-state index contributed by atoms with van der Waals surface area (Å²) in [6.45, 7) is 10.5. The zero-order chi connectivity index (χ0) is 18.1. The maximum atomic E-state index is 12.1. The maximum Gasteiger partial charge on any atom is 0.389 e. The monoisotopic (exact) mass is 350 g/mol. The Morgan fingerprint density at radius 1 is 1.04 bits per heavy atom. The van der Waals surface area contributed by atoms with Crippen molar-refractivity contribution in [3.8, 4) is 0 Å². The minimum Gasteiger partial charge on any atom is -0.357 e. The lowest BCUT2D eigenvalue weighted by Gasteiger charge is -2.40. The quantitative estimate of drug-likeness (QED) is 0.400. The number of rotatable bonds is 8. The topological polar surface area (TPSA) is 39.7 Å². The summed E-state index contributed by atoms with van der Waals surface area (Å²) in [6, 6.07) is 0. The van der Waals surface area contributed by atoms with Gasteiger partial charge in [0.25, 0.3) is 0 Å². The van der Waals surface area contributed by atoms with E-state index in [1.165, 1.54) is 19.3 Å². The summed E-state index contributed by atoms with van der Waals surface area (Å²) in [6.07, 6.45) is -0.358. The van der Waals surface area contributed by atoms with Crippen molar-refractivity contribution >= 4 is 5.96 Å². The highest BCUT2D eigenvalue weighted by atomic mass is 19.4. The highest BCUT2D eigenvalue weighted by Gasteiger charge is 2.28. The average molecular weight is 350 g/mol. The second kappa shape index (κ2) is 10.1. The molecule has 0 aromatic rings. The molecule has 0 saturated carbocycles. The fourth-order valence-electron chi connectivity index (χ4n) is 2.87. The molecule has 142 valence electrons. The van der Waals surface area contributed by atoms with Gasteiger partial charge in [-0.25, -0.2) is 0 Å². The maximum absolute atomic E-state index is 12.1. The van der Waals surface area contributed by atoms with Gasteiger partial charge in [-0.15, -0.1) is 0 Å². The van der Waals surface area contributed by atoms with Crippen LogP contribution in [0, 0.1) is 0 Å². The van der Waals surface area contributed by atoms with E-state index in [1.54, 1.807) is 0 Å². The molecular weight excluding hydrogens is 317 g/mol. The van der Waals surface area contributed by atoms with Crippen molar-refractivity contribution in [3.63, 3.8) is 0 Å². The first-order chi connectivity index (χ1) is 11.2. The first kappa shape index (κ1) is 21.1. The molecule has 0 atom stereocenters. The van der Waals surface area contributed by atoms with Crippen LogP contribution in [0.5, 0.6) is 0 Å². The van der Waals surface area contributed by atoms with Crippen LogP contribution in [0.1, 0.15) is 59.3 Å². The van der Waals surface area contributed by atoms with Crippen LogP contribution in [0.3, 0.4) is 0 Å². The van der Waals surface area contributed by atoms with Gasteiger partial charge in [0, 0.05) is 25.0 Å². The zero-order valence-corrected chi connectivity index (χ0v) is 15.3. The fourth-order valence-corrected chi connectivity index (χ4v) is 2.87. The van der Waals surface area contributed by atoms with Crippen molar-refractivity contribution in [2.75, 3.05) is 32.7 Å². The second-order valence-corrected chi connectivity index (χ2v) is 7.05. The molecule has 0 spiro atoms. The molecule has 2 N–H and O–H groups in total. The van der Waals surface area contributed by atoms with E-state index in [1.807, 2.05) is 6.92 Å². The van der Waals surface area contributed by atoms with Crippen molar-refractivity contribution in [1.29, 1.82) is 0 Å². The third-order valence-corrected chi connectivity index (χ3v) is 4.36. The zero-order valence-electron chi connectivity index (χ0n) is 15.3. The average Bonchev–Trinajstić information content (AvgIpc) is 2.52. The molecule has 4 nitrogen and oxygen atoms in total. The molecule has 0 bridgehead atoms. The number of nitrogens with zero attached hydrogens (tertiary/aromatic N) is 2. The normalized spacial score (nSPS) is 17.8. The van der Waals surface area contributed by atoms with Gasteiger partial charge in [-0.2, -0.15) is 13.2 Å². The van der Waals surface area contributed by atoms with Crippen molar-refractivity contribution in [2.45, 2.75) is 71.0 Å². The van der Waals surface area contributed by atoms with E-state index in [-0.39, 0.29) is 12.0 Å². The van der Waals surface area contributed by atoms with Crippen molar-refractivity contribution in [1.82, 2.24) is 15.5 Å². The Kier molecular flexibility index (Phi) is 8.87. The second-order valence-electron chi connectivity index (χ2n) is 7.05. The number of unbranched alkanes of at least 4 members (excludes halogenated alkanes) is 1. The highest BCUT2D eigenvalue weighted by molar-refractivity contribution is 5.79. The van der Waals surface area contributed by atoms with Gasteiger partial charge in [0.1, 0.15) is 0 Å². The van der Waals surface area contributed by atoms with Gasteiger partial charge in [-0.1, -0.05) is 6.42 Å². The Morgan fingerprint density at radius 2 is 1.71 bits per heavy atom. The Morgan fingerprint density at radius 3 is 2.29 bits per heavy atom. The Labute approximate surface area is 144 Å². The molecule has 0 amide bonds. The number of hydrogen-bond donors (Lipinski definition) is 2. The van der Waals surface area contributed by atoms with Crippen LogP contribution >= 0.6 is 0 Å². The molecule has 1 heterocycles. The van der Waals surface area contributed by atoms with E-state index in [2.05, 4.69) is 34.4 Å². The standard InChI is InChI=1S/C17H33F3N4/c1-4-21-15(22-11-7-6-10-17(18,19)20)23-14-16(2,3)24-12-8-5-9-13-24/h4-14H2,1-3H3,(H2,21,22,23). The SMILES string of the molecule is CCNC(=NCC(C)(C)N1CCCCC1)NCCCCC(F)(F)F. The summed E-state index contributed by atoms with van der Waals surface area (Å²) in [5.41, 5.74) is -0.000937. The van der Waals surface area contributed by atoms with Gasteiger partial charge in [0.05, 0.1) is 6.54 Å². The minimum atomic E-state index is -4.06. The summed E-state index contributed by atoms with van der Waals surface area (Å²) < 4.78 is 36.4. The van der Waals surface area contributed by atoms with E-state index >= 15 is 0 Å². The summed E-state index contributed by atoms with van der Waals surface area (Å²) in [5, 5.41) is 6.30. The van der Waals surface area contributed by atoms with Crippen molar-refractivity contribution in [3.05, 3.63) is 0 Å². The van der Waals surface area contributed by atoms with Crippen molar-refractivity contribution < 1.29 is 13.2 Å². The number of aliphatic imine (C=N–C) groups is 1. The number of piperidine rings is 1. The molecule has 0 aromatic carbocycles. The summed E-state index contributed by atoms with van der Waals surface area (Å²) >= 11 is 0. The van der Waals surface area contributed by atoms with Crippen LogP contribution in [0.15, 0.2) is 4.99 Å². The number of hydrogen-bond acceptors (Lipinski definition) is 2. The molecule has 0 radical (unpaired) electrons. The van der Waals surface area contributed by atoms with E-state index in [0.29, 0.717) is 25.5 Å². The van der Waals surface area contributed by atoms with Gasteiger partial charge in [-0.05, 0) is 59.5 Å². The van der Waals surface area contributed by atoms with E-state index in [0.717, 1.165) is 19.6 Å². The van der Waals surface area contributed by atoms with Crippen LogP contribution in [-0.4, -0.2) is 55.3 Å². The summed E-state index contributed by atoms with van der Waals surface area (Å²) in [4.78, 5) is 7.12. The first-order valence-electron chi connectivity index (χ1n) is 9.08. The third-order valence-electron chi connectivity index (χ3n) is 4.36. The Hall–Kier alpha value is -0.980. The van der Waals surface area contributed by atoms with Crippen LogP contribution < -0.4 is 10.6 Å². The molecule has 1 fully saturated rings. The van der Waals surface area contributed by atoms with E-state index in [4.69, 9.17) is 0 Å². The van der Waals surface area contributed by atoms with Gasteiger partial charge in [0.2, 0.25) is 0 Å². The third kappa shape index (κ3) is 8.76. The fraction of sp³-hybridized carbons (Fsp3) is 0.941. The Bertz CT molecular complexity index is 375. The molecular formula is C17H33F3N4. The first-order valence-corrected chi connectivity index (χ1v) is 9.08. The predicted octanol–water partition coefficient (Wildman–Crippen LogP) is 3.54. The number of likely N-dealkylation sites (tertiary alicyclic amines) is 1. The molecule has 1 aliphatic heterocycles. The predicted molar refractivity (Wildman–Crippen MR) is 93.4 cm³/mol. The van der Waals surface area contributed by atoms with Gasteiger partial charge in [-0.3, -0.25) is 9.89 Å². The molecule has 0 unspecified atom stereocenters. The minimum absolute atomic E-state index is 0.000937. The smallest absolute Gasteiger partial charge is 0.357 e. The van der Waals surface area contributed by atoms with Crippen LogP contribution in [-0.2, 0) is 0 Å². The Balaban J connectivity index is 2.40. The molecule has 1 aliphatic rings. The number of alkyl halides is 3. The van der Waals surface area contributed by atoms with E-state index < -0.39 is 12.6 Å². The van der Waals surface area contributed by atoms with Crippen molar-refractivity contribution in [2.24, 2.45) is 4.99 Å². The van der Waals surface area contributed by atoms with Crippen LogP contribution in [0.4, 0.5) is 13.2 Å². The molecule has 24 heavy (non-hydrogen) atoms. The number of halogens is 3. The lowest BCUT2D eigenvalue weighted by Crippen LogP contribution is -2.49.